The summed E-state index contributed by atoms with van der Waals surface area (Å²) in [5.74, 6) is 0. The molecule has 0 spiro atoms. The summed E-state index contributed by atoms with van der Waals surface area (Å²) in [6.45, 7) is 1.56. The van der Waals surface area contributed by atoms with Crippen molar-refractivity contribution in [2.75, 3.05) is 0 Å². The molecule has 1 aromatic carbocycles. The average Bonchev–Trinajstić information content (AvgIpc) is 3.28. The molecule has 0 aliphatic heterocycles. The number of aromatic nitrogens is 4. The molecular formula is C16H17N5. The van der Waals surface area contributed by atoms with E-state index in [0.717, 1.165) is 29.3 Å². The number of nitrogens with one attached hydrogen (secondary N) is 1. The molecule has 0 radical (unpaired) electrons. The predicted molar refractivity (Wildman–Crippen MR) is 80.7 cm³/mol. The van der Waals surface area contributed by atoms with Gasteiger partial charge in [0.25, 0.3) is 0 Å². The molecule has 21 heavy (non-hydrogen) atoms. The van der Waals surface area contributed by atoms with Crippen LogP contribution in [0, 0.1) is 0 Å². The normalized spacial score (nSPS) is 14.7. The second-order valence-electron chi connectivity index (χ2n) is 5.55. The van der Waals surface area contributed by atoms with Crippen molar-refractivity contribution in [1.82, 2.24) is 25.3 Å². The van der Waals surface area contributed by atoms with Crippen LogP contribution in [-0.2, 0) is 13.1 Å². The van der Waals surface area contributed by atoms with Gasteiger partial charge in [-0.3, -0.25) is 4.98 Å². The van der Waals surface area contributed by atoms with Crippen molar-refractivity contribution in [2.24, 2.45) is 0 Å². The maximum Gasteiger partial charge on any atom is 0.113 e. The number of hydrogen-bond donors (Lipinski definition) is 1. The molecule has 5 heteroatoms. The molecule has 1 N–H and O–H groups in total. The molecule has 0 bridgehead atoms. The lowest BCUT2D eigenvalue weighted by Gasteiger charge is -2.05. The topological polar surface area (TPSA) is 55.6 Å². The van der Waals surface area contributed by atoms with Gasteiger partial charge in [-0.25, -0.2) is 4.68 Å². The lowest BCUT2D eigenvalue weighted by molar-refractivity contribution is 0.654. The molecule has 4 rings (SSSR count). The highest BCUT2D eigenvalue weighted by atomic mass is 15.4. The largest absolute Gasteiger partial charge is 0.310 e. The fraction of sp³-hybridized carbons (Fsp3) is 0.312. The SMILES string of the molecule is c1ccc2c(c1)nnn2Cc1ccc(CNC2CC2)cn1. The maximum absolute atomic E-state index is 4.53. The number of benzene rings is 1. The molecule has 1 fully saturated rings. The summed E-state index contributed by atoms with van der Waals surface area (Å²) in [5, 5.41) is 11.9. The molecule has 5 nitrogen and oxygen atoms in total. The first-order valence-corrected chi connectivity index (χ1v) is 7.34. The summed E-state index contributed by atoms with van der Waals surface area (Å²) in [6.07, 6.45) is 4.57. The van der Waals surface area contributed by atoms with E-state index in [1.807, 2.05) is 35.1 Å². The van der Waals surface area contributed by atoms with Crippen molar-refractivity contribution in [1.29, 1.82) is 0 Å². The van der Waals surface area contributed by atoms with E-state index >= 15 is 0 Å². The third-order valence-electron chi connectivity index (χ3n) is 3.79. The van der Waals surface area contributed by atoms with Gasteiger partial charge in [-0.2, -0.15) is 0 Å². The van der Waals surface area contributed by atoms with E-state index in [0.29, 0.717) is 6.54 Å². The average molecular weight is 279 g/mol. The Bertz CT molecular complexity index is 743. The van der Waals surface area contributed by atoms with Crippen LogP contribution in [0.5, 0.6) is 0 Å². The van der Waals surface area contributed by atoms with Gasteiger partial charge in [0, 0.05) is 18.8 Å². The van der Waals surface area contributed by atoms with Gasteiger partial charge in [0.05, 0.1) is 17.8 Å². The molecule has 1 aliphatic carbocycles. The summed E-state index contributed by atoms with van der Waals surface area (Å²) < 4.78 is 1.89. The van der Waals surface area contributed by atoms with Gasteiger partial charge in [-0.05, 0) is 36.6 Å². The van der Waals surface area contributed by atoms with Gasteiger partial charge in [-0.15, -0.1) is 5.10 Å². The van der Waals surface area contributed by atoms with Crippen LogP contribution in [-0.4, -0.2) is 26.0 Å². The molecule has 1 saturated carbocycles. The Hall–Kier alpha value is -2.27. The first-order valence-electron chi connectivity index (χ1n) is 7.34. The van der Waals surface area contributed by atoms with Gasteiger partial charge in [0.2, 0.25) is 0 Å². The van der Waals surface area contributed by atoms with Crippen LogP contribution in [0.4, 0.5) is 0 Å². The minimum Gasteiger partial charge on any atom is -0.310 e. The molecule has 0 amide bonds. The highest BCUT2D eigenvalue weighted by Gasteiger charge is 2.19. The zero-order valence-corrected chi connectivity index (χ0v) is 11.7. The molecule has 0 unspecified atom stereocenters. The molecule has 106 valence electrons. The van der Waals surface area contributed by atoms with Crippen LogP contribution in [0.1, 0.15) is 24.1 Å². The minimum atomic E-state index is 0.650. The summed E-state index contributed by atoms with van der Waals surface area (Å²) in [6, 6.07) is 12.9. The van der Waals surface area contributed by atoms with Crippen LogP contribution in [0.3, 0.4) is 0 Å². The fourth-order valence-corrected chi connectivity index (χ4v) is 2.39. The maximum atomic E-state index is 4.53. The summed E-state index contributed by atoms with van der Waals surface area (Å²) in [7, 11) is 0. The quantitative estimate of drug-likeness (QED) is 0.777. The smallest absolute Gasteiger partial charge is 0.113 e. The van der Waals surface area contributed by atoms with Crippen molar-refractivity contribution in [3.63, 3.8) is 0 Å². The number of rotatable bonds is 5. The Morgan fingerprint density at radius 2 is 2.05 bits per heavy atom. The second-order valence-corrected chi connectivity index (χ2v) is 5.55. The first-order chi connectivity index (χ1) is 10.4. The van der Waals surface area contributed by atoms with Gasteiger partial charge < -0.3 is 5.32 Å². The summed E-state index contributed by atoms with van der Waals surface area (Å²) in [4.78, 5) is 4.53. The van der Waals surface area contributed by atoms with E-state index in [-0.39, 0.29) is 0 Å². The molecule has 2 heterocycles. The van der Waals surface area contributed by atoms with E-state index in [1.165, 1.54) is 18.4 Å². The molecule has 2 aromatic heterocycles. The van der Waals surface area contributed by atoms with E-state index in [1.54, 1.807) is 0 Å². The van der Waals surface area contributed by atoms with Gasteiger partial charge in [-0.1, -0.05) is 23.4 Å². The van der Waals surface area contributed by atoms with Gasteiger partial charge >= 0.3 is 0 Å². The molecule has 1 aliphatic rings. The van der Waals surface area contributed by atoms with E-state index in [9.17, 15) is 0 Å². The number of pyridine rings is 1. The van der Waals surface area contributed by atoms with E-state index in [4.69, 9.17) is 0 Å². The number of fused-ring (bicyclic) bond motifs is 1. The fourth-order valence-electron chi connectivity index (χ4n) is 2.39. The third kappa shape index (κ3) is 2.78. The Morgan fingerprint density at radius 1 is 1.14 bits per heavy atom. The van der Waals surface area contributed by atoms with Crippen LogP contribution in [0.2, 0.25) is 0 Å². The van der Waals surface area contributed by atoms with Crippen LogP contribution in [0.15, 0.2) is 42.6 Å². The summed E-state index contributed by atoms with van der Waals surface area (Å²) >= 11 is 0. The van der Waals surface area contributed by atoms with Crippen LogP contribution >= 0.6 is 0 Å². The third-order valence-corrected chi connectivity index (χ3v) is 3.79. The Kier molecular flexibility index (Phi) is 3.12. The molecule has 3 aromatic rings. The highest BCUT2D eigenvalue weighted by Crippen LogP contribution is 2.19. The van der Waals surface area contributed by atoms with Crippen molar-refractivity contribution in [3.05, 3.63) is 53.9 Å². The number of nitrogens with zero attached hydrogens (tertiary/aromatic N) is 4. The van der Waals surface area contributed by atoms with Crippen molar-refractivity contribution >= 4 is 11.0 Å². The molecular weight excluding hydrogens is 262 g/mol. The number of para-hydroxylation sites is 1. The Morgan fingerprint density at radius 3 is 2.86 bits per heavy atom. The van der Waals surface area contributed by atoms with Crippen molar-refractivity contribution < 1.29 is 0 Å². The van der Waals surface area contributed by atoms with Gasteiger partial charge in [0.15, 0.2) is 0 Å². The van der Waals surface area contributed by atoms with Gasteiger partial charge in [0.1, 0.15) is 5.52 Å². The Labute approximate surface area is 123 Å². The summed E-state index contributed by atoms with van der Waals surface area (Å²) in [5.41, 5.74) is 4.19. The van der Waals surface area contributed by atoms with Crippen LogP contribution in [0.25, 0.3) is 11.0 Å². The first kappa shape index (κ1) is 12.5. The predicted octanol–water partition coefficient (Wildman–Crippen LogP) is 2.13. The molecule has 0 saturated heterocycles. The second kappa shape index (κ2) is 5.26. The lowest BCUT2D eigenvalue weighted by Crippen LogP contribution is -2.15. The van der Waals surface area contributed by atoms with Crippen molar-refractivity contribution in [2.45, 2.75) is 32.0 Å². The lowest BCUT2D eigenvalue weighted by atomic mass is 10.2. The van der Waals surface area contributed by atoms with Crippen LogP contribution < -0.4 is 5.32 Å². The zero-order valence-electron chi connectivity index (χ0n) is 11.7. The van der Waals surface area contributed by atoms with E-state index < -0.39 is 0 Å². The number of hydrogen-bond acceptors (Lipinski definition) is 4. The highest BCUT2D eigenvalue weighted by molar-refractivity contribution is 5.73. The van der Waals surface area contributed by atoms with Crippen molar-refractivity contribution in [3.8, 4) is 0 Å². The Balaban J connectivity index is 1.48. The minimum absolute atomic E-state index is 0.650. The molecule has 0 atom stereocenters. The standard InChI is InChI=1S/C16H17N5/c1-2-4-16-15(3-1)19-20-21(16)11-14-6-5-12(10-18-14)9-17-13-7-8-13/h1-6,10,13,17H,7-9,11H2. The monoisotopic (exact) mass is 279 g/mol. The van der Waals surface area contributed by atoms with E-state index in [2.05, 4.69) is 32.7 Å². The zero-order chi connectivity index (χ0) is 14.1.